The zero-order valence-corrected chi connectivity index (χ0v) is 18.3. The van der Waals surface area contributed by atoms with Crippen molar-refractivity contribution in [1.29, 1.82) is 0 Å². The lowest BCUT2D eigenvalue weighted by atomic mass is 10.1. The van der Waals surface area contributed by atoms with Crippen molar-refractivity contribution >= 4 is 17.9 Å². The van der Waals surface area contributed by atoms with Crippen LogP contribution < -0.4 is 15.4 Å². The maximum Gasteiger partial charge on any atom is 0.267 e. The number of benzene rings is 2. The first-order valence-electron chi connectivity index (χ1n) is 10.7. The average Bonchev–Trinajstić information content (AvgIpc) is 3.30. The van der Waals surface area contributed by atoms with Gasteiger partial charge in [0.2, 0.25) is 0 Å². The molecule has 32 heavy (non-hydrogen) atoms. The molecule has 0 aliphatic heterocycles. The zero-order chi connectivity index (χ0) is 22.8. The van der Waals surface area contributed by atoms with Gasteiger partial charge in [-0.15, -0.1) is 0 Å². The summed E-state index contributed by atoms with van der Waals surface area (Å²) in [6.45, 7) is 4.46. The largest absolute Gasteiger partial charge is 0.491 e. The molecule has 3 aromatic rings. The van der Waals surface area contributed by atoms with Crippen LogP contribution in [0, 0.1) is 0 Å². The predicted octanol–water partition coefficient (Wildman–Crippen LogP) is 4.59. The van der Waals surface area contributed by atoms with Gasteiger partial charge in [0.25, 0.3) is 11.8 Å². The molecular formula is C26H28N2O4. The molecule has 0 radical (unpaired) electrons. The van der Waals surface area contributed by atoms with Gasteiger partial charge in [0.15, 0.2) is 0 Å². The van der Waals surface area contributed by atoms with Crippen molar-refractivity contribution in [3.05, 3.63) is 95.6 Å². The number of amides is 2. The van der Waals surface area contributed by atoms with Gasteiger partial charge in [-0.3, -0.25) is 9.59 Å². The van der Waals surface area contributed by atoms with E-state index >= 15 is 0 Å². The second-order valence-corrected chi connectivity index (χ2v) is 7.56. The highest BCUT2D eigenvalue weighted by Gasteiger charge is 2.15. The van der Waals surface area contributed by atoms with Gasteiger partial charge < -0.3 is 19.8 Å². The van der Waals surface area contributed by atoms with Crippen LogP contribution in [0.3, 0.4) is 0 Å². The van der Waals surface area contributed by atoms with E-state index in [1.165, 1.54) is 17.9 Å². The minimum atomic E-state index is -0.369. The van der Waals surface area contributed by atoms with Crippen LogP contribution in [0.4, 0.5) is 0 Å². The Morgan fingerprint density at radius 1 is 1.00 bits per heavy atom. The van der Waals surface area contributed by atoms with Crippen molar-refractivity contribution in [2.75, 3.05) is 6.54 Å². The number of ether oxygens (including phenoxy) is 1. The fourth-order valence-electron chi connectivity index (χ4n) is 3.05. The van der Waals surface area contributed by atoms with Crippen LogP contribution in [0.1, 0.15) is 41.9 Å². The van der Waals surface area contributed by atoms with E-state index in [0.29, 0.717) is 17.9 Å². The van der Waals surface area contributed by atoms with E-state index < -0.39 is 0 Å². The van der Waals surface area contributed by atoms with E-state index in [2.05, 4.69) is 10.6 Å². The van der Waals surface area contributed by atoms with Gasteiger partial charge in [0.05, 0.1) is 12.4 Å². The Labute approximate surface area is 188 Å². The van der Waals surface area contributed by atoms with Gasteiger partial charge in [-0.2, -0.15) is 0 Å². The number of carbonyl (C=O) groups excluding carboxylic acids is 2. The first-order chi connectivity index (χ1) is 15.5. The summed E-state index contributed by atoms with van der Waals surface area (Å²) in [7, 11) is 0. The Balaban J connectivity index is 1.55. The molecule has 0 aliphatic rings. The third-order valence-corrected chi connectivity index (χ3v) is 4.58. The Bertz CT molecular complexity index is 1020. The number of nitrogens with one attached hydrogen (secondary N) is 2. The summed E-state index contributed by atoms with van der Waals surface area (Å²) in [5, 5.41) is 5.56. The minimum absolute atomic E-state index is 0.129. The van der Waals surface area contributed by atoms with E-state index in [9.17, 15) is 9.59 Å². The topological polar surface area (TPSA) is 80.6 Å². The molecule has 0 saturated carbocycles. The van der Waals surface area contributed by atoms with E-state index in [1.54, 1.807) is 36.4 Å². The first kappa shape index (κ1) is 22.9. The van der Waals surface area contributed by atoms with Crippen LogP contribution in [0.25, 0.3) is 6.08 Å². The maximum atomic E-state index is 12.7. The van der Waals surface area contributed by atoms with Crippen molar-refractivity contribution in [1.82, 2.24) is 10.6 Å². The minimum Gasteiger partial charge on any atom is -0.491 e. The summed E-state index contributed by atoms with van der Waals surface area (Å²) in [4.78, 5) is 25.3. The van der Waals surface area contributed by atoms with Crippen molar-refractivity contribution < 1.29 is 18.7 Å². The third-order valence-electron chi connectivity index (χ3n) is 4.58. The molecular weight excluding hydrogens is 404 g/mol. The summed E-state index contributed by atoms with van der Waals surface area (Å²) in [5.41, 5.74) is 1.76. The lowest BCUT2D eigenvalue weighted by molar-refractivity contribution is -0.117. The SMILES string of the molecule is CC(C)Oc1ccc(CCCNC(=O)/C(=C/c2ccco2)NC(=O)c2ccccc2)cc1. The molecule has 0 fully saturated rings. The number of carbonyl (C=O) groups is 2. The number of rotatable bonds is 10. The molecule has 0 atom stereocenters. The van der Waals surface area contributed by atoms with Crippen LogP contribution >= 0.6 is 0 Å². The normalized spacial score (nSPS) is 11.3. The van der Waals surface area contributed by atoms with Crippen molar-refractivity contribution in [3.8, 4) is 5.75 Å². The third kappa shape index (κ3) is 7.16. The summed E-state index contributed by atoms with van der Waals surface area (Å²) >= 11 is 0. The average molecular weight is 433 g/mol. The molecule has 0 unspecified atom stereocenters. The lowest BCUT2D eigenvalue weighted by Gasteiger charge is -2.11. The fourth-order valence-corrected chi connectivity index (χ4v) is 3.05. The Morgan fingerprint density at radius 3 is 2.41 bits per heavy atom. The van der Waals surface area contributed by atoms with Crippen molar-refractivity contribution in [3.63, 3.8) is 0 Å². The monoisotopic (exact) mass is 432 g/mol. The second-order valence-electron chi connectivity index (χ2n) is 7.56. The summed E-state index contributed by atoms with van der Waals surface area (Å²) in [6.07, 6.45) is 4.75. The highest BCUT2D eigenvalue weighted by molar-refractivity contribution is 6.05. The molecule has 0 bridgehead atoms. The predicted molar refractivity (Wildman–Crippen MR) is 124 cm³/mol. The van der Waals surface area contributed by atoms with Gasteiger partial charge in [-0.1, -0.05) is 30.3 Å². The van der Waals surface area contributed by atoms with Crippen LogP contribution in [-0.2, 0) is 11.2 Å². The van der Waals surface area contributed by atoms with Crippen molar-refractivity contribution in [2.24, 2.45) is 0 Å². The highest BCUT2D eigenvalue weighted by atomic mass is 16.5. The summed E-state index contributed by atoms with van der Waals surface area (Å²) in [6, 6.07) is 20.2. The molecule has 166 valence electrons. The van der Waals surface area contributed by atoms with Gasteiger partial charge in [0, 0.05) is 18.2 Å². The fraction of sp³-hybridized carbons (Fsp3) is 0.231. The van der Waals surface area contributed by atoms with Crippen LogP contribution in [0.15, 0.2) is 83.1 Å². The van der Waals surface area contributed by atoms with Gasteiger partial charge in [-0.05, 0) is 68.7 Å². The van der Waals surface area contributed by atoms with Gasteiger partial charge >= 0.3 is 0 Å². The summed E-state index contributed by atoms with van der Waals surface area (Å²) in [5.74, 6) is 0.597. The van der Waals surface area contributed by atoms with E-state index in [0.717, 1.165) is 18.6 Å². The second kappa shape index (κ2) is 11.6. The summed E-state index contributed by atoms with van der Waals surface area (Å²) < 4.78 is 11.0. The number of aryl methyl sites for hydroxylation is 1. The lowest BCUT2D eigenvalue weighted by Crippen LogP contribution is -2.35. The molecule has 3 rings (SSSR count). The number of hydrogen-bond donors (Lipinski definition) is 2. The van der Waals surface area contributed by atoms with E-state index in [4.69, 9.17) is 9.15 Å². The smallest absolute Gasteiger partial charge is 0.267 e. The molecule has 0 aliphatic carbocycles. The molecule has 0 saturated heterocycles. The number of hydrogen-bond acceptors (Lipinski definition) is 4. The van der Waals surface area contributed by atoms with E-state index in [1.807, 2.05) is 44.2 Å². The Morgan fingerprint density at radius 2 is 1.75 bits per heavy atom. The van der Waals surface area contributed by atoms with Crippen LogP contribution in [0.5, 0.6) is 5.75 Å². The van der Waals surface area contributed by atoms with Crippen LogP contribution in [0.2, 0.25) is 0 Å². The zero-order valence-electron chi connectivity index (χ0n) is 18.3. The maximum absolute atomic E-state index is 12.7. The first-order valence-corrected chi connectivity index (χ1v) is 10.7. The van der Waals surface area contributed by atoms with Gasteiger partial charge in [-0.25, -0.2) is 0 Å². The Hall–Kier alpha value is -3.80. The van der Waals surface area contributed by atoms with Crippen molar-refractivity contribution in [2.45, 2.75) is 32.8 Å². The molecule has 2 aromatic carbocycles. The Kier molecular flexibility index (Phi) is 8.26. The molecule has 2 N–H and O–H groups in total. The molecule has 1 heterocycles. The number of furan rings is 1. The molecule has 1 aromatic heterocycles. The molecule has 6 nitrogen and oxygen atoms in total. The molecule has 0 spiro atoms. The highest BCUT2D eigenvalue weighted by Crippen LogP contribution is 2.15. The van der Waals surface area contributed by atoms with Gasteiger partial charge in [0.1, 0.15) is 17.2 Å². The molecule has 6 heteroatoms. The molecule has 2 amide bonds. The van der Waals surface area contributed by atoms with Crippen LogP contribution in [-0.4, -0.2) is 24.5 Å². The standard InChI is InChI=1S/C26H28N2O4/c1-19(2)32-22-14-12-20(13-15-22)8-6-16-27-26(30)24(18-23-11-7-17-31-23)28-25(29)21-9-4-3-5-10-21/h3-5,7,9-15,17-19H,6,8,16H2,1-2H3,(H,27,30)(H,28,29)/b24-18-. The van der Waals surface area contributed by atoms with E-state index in [-0.39, 0.29) is 23.6 Å². The quantitative estimate of drug-likeness (QED) is 0.363.